The van der Waals surface area contributed by atoms with Crippen LogP contribution >= 0.6 is 15.9 Å². The smallest absolute Gasteiger partial charge is 0.159 e. The van der Waals surface area contributed by atoms with E-state index in [9.17, 15) is 0 Å². The van der Waals surface area contributed by atoms with Gasteiger partial charge in [0.15, 0.2) is 5.82 Å². The lowest BCUT2D eigenvalue weighted by atomic mass is 10.1. The zero-order valence-electron chi connectivity index (χ0n) is 10.6. The lowest BCUT2D eigenvalue weighted by Gasteiger charge is -2.03. The van der Waals surface area contributed by atoms with E-state index in [1.807, 2.05) is 36.7 Å². The van der Waals surface area contributed by atoms with Gasteiger partial charge in [0.1, 0.15) is 0 Å². The molecular formula is C15H17BrN2. The highest BCUT2D eigenvalue weighted by atomic mass is 79.9. The molecule has 0 saturated carbocycles. The quantitative estimate of drug-likeness (QED) is 0.752. The summed E-state index contributed by atoms with van der Waals surface area (Å²) in [4.78, 5) is 8.86. The molecule has 2 nitrogen and oxygen atoms in total. The molecule has 2 rings (SSSR count). The SMILES string of the molecule is CCCCCc1cnc(-c2ccc(Br)cc2)nc1. The van der Waals surface area contributed by atoms with E-state index in [2.05, 4.69) is 32.8 Å². The topological polar surface area (TPSA) is 25.8 Å². The molecule has 1 aromatic heterocycles. The molecule has 1 heterocycles. The Kier molecular flexibility index (Phi) is 4.88. The molecular weight excluding hydrogens is 288 g/mol. The second-order valence-electron chi connectivity index (χ2n) is 4.38. The van der Waals surface area contributed by atoms with Crippen LogP contribution in [0.4, 0.5) is 0 Å². The van der Waals surface area contributed by atoms with Crippen LogP contribution in [0.25, 0.3) is 11.4 Å². The van der Waals surface area contributed by atoms with Gasteiger partial charge in [-0.15, -0.1) is 0 Å². The van der Waals surface area contributed by atoms with Gasteiger partial charge in [-0.05, 0) is 30.5 Å². The van der Waals surface area contributed by atoms with Gasteiger partial charge in [0, 0.05) is 22.4 Å². The highest BCUT2D eigenvalue weighted by Gasteiger charge is 2.01. The van der Waals surface area contributed by atoms with E-state index >= 15 is 0 Å². The molecule has 0 amide bonds. The summed E-state index contributed by atoms with van der Waals surface area (Å²) in [5.41, 5.74) is 2.28. The monoisotopic (exact) mass is 304 g/mol. The molecule has 0 unspecified atom stereocenters. The Morgan fingerprint density at radius 1 is 1.00 bits per heavy atom. The molecule has 0 bridgehead atoms. The first-order valence-corrected chi connectivity index (χ1v) is 7.15. The lowest BCUT2D eigenvalue weighted by molar-refractivity contribution is 0.714. The fraction of sp³-hybridized carbons (Fsp3) is 0.333. The molecule has 3 heteroatoms. The molecule has 0 aliphatic carbocycles. The van der Waals surface area contributed by atoms with Crippen LogP contribution in [0.5, 0.6) is 0 Å². The summed E-state index contributed by atoms with van der Waals surface area (Å²) in [5, 5.41) is 0. The molecule has 18 heavy (non-hydrogen) atoms. The van der Waals surface area contributed by atoms with Crippen molar-refractivity contribution in [3.63, 3.8) is 0 Å². The highest BCUT2D eigenvalue weighted by Crippen LogP contribution is 2.18. The van der Waals surface area contributed by atoms with Crippen LogP contribution in [-0.4, -0.2) is 9.97 Å². The van der Waals surface area contributed by atoms with E-state index < -0.39 is 0 Å². The van der Waals surface area contributed by atoms with Crippen LogP contribution in [-0.2, 0) is 6.42 Å². The summed E-state index contributed by atoms with van der Waals surface area (Å²) >= 11 is 3.42. The summed E-state index contributed by atoms with van der Waals surface area (Å²) in [6, 6.07) is 8.06. The first-order valence-electron chi connectivity index (χ1n) is 6.36. The molecule has 1 aromatic carbocycles. The van der Waals surface area contributed by atoms with Crippen LogP contribution in [0, 0.1) is 0 Å². The van der Waals surface area contributed by atoms with Crippen molar-refractivity contribution in [1.82, 2.24) is 9.97 Å². The Hall–Kier alpha value is -1.22. The van der Waals surface area contributed by atoms with Crippen LogP contribution in [0.1, 0.15) is 31.7 Å². The standard InChI is InChI=1S/C15H17BrN2/c1-2-3-4-5-12-10-17-15(18-11-12)13-6-8-14(16)9-7-13/h6-11H,2-5H2,1H3. The Morgan fingerprint density at radius 2 is 1.67 bits per heavy atom. The van der Waals surface area contributed by atoms with Crippen molar-refractivity contribution < 1.29 is 0 Å². The Bertz CT molecular complexity index is 477. The number of rotatable bonds is 5. The number of aromatic nitrogens is 2. The zero-order chi connectivity index (χ0) is 12.8. The van der Waals surface area contributed by atoms with Crippen molar-refractivity contribution in [2.75, 3.05) is 0 Å². The average molecular weight is 305 g/mol. The third kappa shape index (κ3) is 3.64. The van der Waals surface area contributed by atoms with Crippen molar-refractivity contribution in [3.8, 4) is 11.4 Å². The zero-order valence-corrected chi connectivity index (χ0v) is 12.2. The molecule has 0 N–H and O–H groups in total. The highest BCUT2D eigenvalue weighted by molar-refractivity contribution is 9.10. The number of aryl methyl sites for hydroxylation is 1. The predicted molar refractivity (Wildman–Crippen MR) is 78.4 cm³/mol. The number of benzene rings is 1. The van der Waals surface area contributed by atoms with Gasteiger partial charge in [-0.25, -0.2) is 9.97 Å². The van der Waals surface area contributed by atoms with E-state index in [1.54, 1.807) is 0 Å². The first-order chi connectivity index (χ1) is 8.79. The average Bonchev–Trinajstić information content (AvgIpc) is 2.41. The number of hydrogen-bond donors (Lipinski definition) is 0. The van der Waals surface area contributed by atoms with Gasteiger partial charge in [-0.2, -0.15) is 0 Å². The Morgan fingerprint density at radius 3 is 2.28 bits per heavy atom. The molecule has 94 valence electrons. The number of hydrogen-bond acceptors (Lipinski definition) is 2. The van der Waals surface area contributed by atoms with Gasteiger partial charge in [0.2, 0.25) is 0 Å². The maximum absolute atomic E-state index is 4.43. The van der Waals surface area contributed by atoms with E-state index in [0.717, 1.165) is 22.3 Å². The molecule has 0 aliphatic rings. The van der Waals surface area contributed by atoms with Gasteiger partial charge in [0.25, 0.3) is 0 Å². The summed E-state index contributed by atoms with van der Waals surface area (Å²) in [6.07, 6.45) is 8.71. The molecule has 0 spiro atoms. The summed E-state index contributed by atoms with van der Waals surface area (Å²) < 4.78 is 1.07. The van der Waals surface area contributed by atoms with Gasteiger partial charge in [-0.3, -0.25) is 0 Å². The van der Waals surface area contributed by atoms with Gasteiger partial charge >= 0.3 is 0 Å². The van der Waals surface area contributed by atoms with Crippen LogP contribution in [0.3, 0.4) is 0 Å². The largest absolute Gasteiger partial charge is 0.236 e. The van der Waals surface area contributed by atoms with E-state index in [1.165, 1.54) is 24.8 Å². The predicted octanol–water partition coefficient (Wildman–Crippen LogP) is 4.64. The van der Waals surface area contributed by atoms with Gasteiger partial charge in [-0.1, -0.05) is 47.8 Å². The van der Waals surface area contributed by atoms with Gasteiger partial charge < -0.3 is 0 Å². The first kappa shape index (κ1) is 13.2. The minimum Gasteiger partial charge on any atom is -0.236 e. The minimum atomic E-state index is 0.793. The second kappa shape index (κ2) is 6.64. The molecule has 0 fully saturated rings. The molecule has 2 aromatic rings. The third-order valence-electron chi connectivity index (χ3n) is 2.88. The third-order valence-corrected chi connectivity index (χ3v) is 3.41. The van der Waals surface area contributed by atoms with Crippen LogP contribution in [0.15, 0.2) is 41.1 Å². The number of nitrogens with zero attached hydrogens (tertiary/aromatic N) is 2. The molecule has 0 aliphatic heterocycles. The lowest BCUT2D eigenvalue weighted by Crippen LogP contribution is -1.93. The van der Waals surface area contributed by atoms with Gasteiger partial charge in [0.05, 0.1) is 0 Å². The fourth-order valence-electron chi connectivity index (χ4n) is 1.81. The summed E-state index contributed by atoms with van der Waals surface area (Å²) in [5.74, 6) is 0.793. The van der Waals surface area contributed by atoms with Crippen LogP contribution in [0.2, 0.25) is 0 Å². The number of halogens is 1. The van der Waals surface area contributed by atoms with E-state index in [4.69, 9.17) is 0 Å². The normalized spacial score (nSPS) is 10.6. The van der Waals surface area contributed by atoms with Crippen molar-refractivity contribution >= 4 is 15.9 Å². The maximum atomic E-state index is 4.43. The Balaban J connectivity index is 2.05. The van der Waals surface area contributed by atoms with Crippen molar-refractivity contribution in [2.45, 2.75) is 32.6 Å². The van der Waals surface area contributed by atoms with Crippen molar-refractivity contribution in [2.24, 2.45) is 0 Å². The summed E-state index contributed by atoms with van der Waals surface area (Å²) in [7, 11) is 0. The maximum Gasteiger partial charge on any atom is 0.159 e. The van der Waals surface area contributed by atoms with Crippen LogP contribution < -0.4 is 0 Å². The van der Waals surface area contributed by atoms with Crippen molar-refractivity contribution in [3.05, 3.63) is 46.7 Å². The molecule has 0 radical (unpaired) electrons. The molecule has 0 atom stereocenters. The fourth-order valence-corrected chi connectivity index (χ4v) is 2.08. The molecule has 0 saturated heterocycles. The minimum absolute atomic E-state index is 0.793. The van der Waals surface area contributed by atoms with E-state index in [0.29, 0.717) is 0 Å². The van der Waals surface area contributed by atoms with E-state index in [-0.39, 0.29) is 0 Å². The summed E-state index contributed by atoms with van der Waals surface area (Å²) in [6.45, 7) is 2.22. The Labute approximate surface area is 117 Å². The second-order valence-corrected chi connectivity index (χ2v) is 5.29. The number of unbranched alkanes of at least 4 members (excludes halogenated alkanes) is 2. The van der Waals surface area contributed by atoms with Crippen molar-refractivity contribution in [1.29, 1.82) is 0 Å².